The van der Waals surface area contributed by atoms with Crippen molar-refractivity contribution in [3.05, 3.63) is 0 Å². The molecule has 2 unspecified atom stereocenters. The molecule has 2 atom stereocenters. The molecule has 0 radical (unpaired) electrons. The predicted octanol–water partition coefficient (Wildman–Crippen LogP) is 2.72. The summed E-state index contributed by atoms with van der Waals surface area (Å²) in [6.07, 6.45) is 9.67. The molecule has 18 heavy (non-hydrogen) atoms. The number of carbonyl (C=O) groups is 1. The first-order chi connectivity index (χ1) is 8.66. The van der Waals surface area contributed by atoms with Crippen molar-refractivity contribution < 1.29 is 9.90 Å². The van der Waals surface area contributed by atoms with E-state index in [9.17, 15) is 9.90 Å². The highest BCUT2D eigenvalue weighted by molar-refractivity contribution is 5.77. The second-order valence-corrected chi connectivity index (χ2v) is 6.18. The van der Waals surface area contributed by atoms with Gasteiger partial charge in [-0.1, -0.05) is 12.8 Å². The molecule has 2 aliphatic rings. The first-order valence-corrected chi connectivity index (χ1v) is 7.64. The van der Waals surface area contributed by atoms with Crippen LogP contribution in [0.5, 0.6) is 0 Å². The van der Waals surface area contributed by atoms with Crippen LogP contribution in [-0.2, 0) is 4.79 Å². The maximum Gasteiger partial charge on any atom is 0.223 e. The Kier molecular flexibility index (Phi) is 5.04. The van der Waals surface area contributed by atoms with Gasteiger partial charge in [-0.3, -0.25) is 4.79 Å². The Morgan fingerprint density at radius 3 is 2.56 bits per heavy atom. The second kappa shape index (κ2) is 6.55. The lowest BCUT2D eigenvalue weighted by Crippen LogP contribution is -2.45. The SMILES string of the molecule is CC(O)CC1CCCCN1C(=O)CC1CCCC1. The molecule has 0 spiro atoms. The van der Waals surface area contributed by atoms with Crippen LogP contribution in [-0.4, -0.2) is 34.6 Å². The molecule has 2 fully saturated rings. The highest BCUT2D eigenvalue weighted by Crippen LogP contribution is 2.30. The average Bonchev–Trinajstić information content (AvgIpc) is 2.81. The maximum atomic E-state index is 12.4. The van der Waals surface area contributed by atoms with Gasteiger partial charge in [0.05, 0.1) is 6.10 Å². The highest BCUT2D eigenvalue weighted by atomic mass is 16.3. The summed E-state index contributed by atoms with van der Waals surface area (Å²) in [7, 11) is 0. The van der Waals surface area contributed by atoms with Crippen LogP contribution in [0.3, 0.4) is 0 Å². The van der Waals surface area contributed by atoms with Crippen LogP contribution in [0.25, 0.3) is 0 Å². The monoisotopic (exact) mass is 253 g/mol. The lowest BCUT2D eigenvalue weighted by atomic mass is 9.95. The van der Waals surface area contributed by atoms with Gasteiger partial charge in [-0.2, -0.15) is 0 Å². The third-order valence-corrected chi connectivity index (χ3v) is 4.50. The quantitative estimate of drug-likeness (QED) is 0.837. The maximum absolute atomic E-state index is 12.4. The van der Waals surface area contributed by atoms with E-state index in [1.165, 1.54) is 32.1 Å². The Morgan fingerprint density at radius 1 is 1.22 bits per heavy atom. The van der Waals surface area contributed by atoms with Gasteiger partial charge in [0.25, 0.3) is 0 Å². The summed E-state index contributed by atoms with van der Waals surface area (Å²) in [5.74, 6) is 0.971. The molecule has 0 bridgehead atoms. The van der Waals surface area contributed by atoms with Crippen LogP contribution in [0.2, 0.25) is 0 Å². The van der Waals surface area contributed by atoms with E-state index in [1.54, 1.807) is 0 Å². The van der Waals surface area contributed by atoms with E-state index < -0.39 is 0 Å². The van der Waals surface area contributed by atoms with Crippen molar-refractivity contribution in [1.82, 2.24) is 4.90 Å². The minimum absolute atomic E-state index is 0.285. The summed E-state index contributed by atoms with van der Waals surface area (Å²) in [6, 6.07) is 0.285. The van der Waals surface area contributed by atoms with Crippen LogP contribution in [0.1, 0.15) is 64.7 Å². The van der Waals surface area contributed by atoms with Gasteiger partial charge in [-0.25, -0.2) is 0 Å². The van der Waals surface area contributed by atoms with Gasteiger partial charge in [-0.15, -0.1) is 0 Å². The number of aliphatic hydroxyl groups is 1. The Bertz CT molecular complexity index is 272. The van der Waals surface area contributed by atoms with Crippen molar-refractivity contribution in [1.29, 1.82) is 0 Å². The molecular formula is C15H27NO2. The molecule has 1 aliphatic carbocycles. The molecule has 1 amide bonds. The second-order valence-electron chi connectivity index (χ2n) is 6.18. The van der Waals surface area contributed by atoms with E-state index in [2.05, 4.69) is 4.90 Å². The van der Waals surface area contributed by atoms with Crippen LogP contribution >= 0.6 is 0 Å². The fourth-order valence-electron chi connectivity index (χ4n) is 3.55. The zero-order chi connectivity index (χ0) is 13.0. The standard InChI is InChI=1S/C15H27NO2/c1-12(17)10-14-8-4-5-9-16(14)15(18)11-13-6-2-3-7-13/h12-14,17H,2-11H2,1H3. The summed E-state index contributed by atoms with van der Waals surface area (Å²) < 4.78 is 0. The van der Waals surface area contributed by atoms with Gasteiger partial charge in [0.1, 0.15) is 0 Å². The number of rotatable bonds is 4. The fourth-order valence-corrected chi connectivity index (χ4v) is 3.55. The Balaban J connectivity index is 1.88. The zero-order valence-corrected chi connectivity index (χ0v) is 11.6. The normalized spacial score (nSPS) is 27.4. The van der Waals surface area contributed by atoms with Gasteiger partial charge < -0.3 is 10.0 Å². The summed E-state index contributed by atoms with van der Waals surface area (Å²) >= 11 is 0. The van der Waals surface area contributed by atoms with Crippen molar-refractivity contribution in [2.75, 3.05) is 6.54 Å². The van der Waals surface area contributed by atoms with Crippen LogP contribution in [0.15, 0.2) is 0 Å². The third kappa shape index (κ3) is 3.71. The van der Waals surface area contributed by atoms with Gasteiger partial charge in [0, 0.05) is 19.0 Å². The van der Waals surface area contributed by atoms with Crippen molar-refractivity contribution in [2.45, 2.75) is 76.9 Å². The van der Waals surface area contributed by atoms with Crippen molar-refractivity contribution in [3.63, 3.8) is 0 Å². The molecule has 0 aromatic carbocycles. The van der Waals surface area contributed by atoms with Crippen LogP contribution in [0, 0.1) is 5.92 Å². The smallest absolute Gasteiger partial charge is 0.223 e. The molecule has 1 heterocycles. The molecular weight excluding hydrogens is 226 g/mol. The number of likely N-dealkylation sites (tertiary alicyclic amines) is 1. The van der Waals surface area contributed by atoms with E-state index in [4.69, 9.17) is 0 Å². The van der Waals surface area contributed by atoms with Crippen LogP contribution in [0.4, 0.5) is 0 Å². The Hall–Kier alpha value is -0.570. The topological polar surface area (TPSA) is 40.5 Å². The van der Waals surface area contributed by atoms with Gasteiger partial charge in [0.2, 0.25) is 5.91 Å². The summed E-state index contributed by atoms with van der Waals surface area (Å²) in [6.45, 7) is 2.73. The van der Waals surface area contributed by atoms with E-state index in [1.807, 2.05) is 6.92 Å². The van der Waals surface area contributed by atoms with Crippen molar-refractivity contribution >= 4 is 5.91 Å². The molecule has 1 aliphatic heterocycles. The number of piperidine rings is 1. The summed E-state index contributed by atoms with van der Waals surface area (Å²) in [4.78, 5) is 14.5. The Labute approximate surface area is 111 Å². The molecule has 3 nitrogen and oxygen atoms in total. The molecule has 0 aromatic heterocycles. The zero-order valence-electron chi connectivity index (χ0n) is 11.6. The molecule has 1 saturated carbocycles. The first kappa shape index (κ1) is 13.9. The molecule has 2 rings (SSSR count). The van der Waals surface area contributed by atoms with E-state index in [0.29, 0.717) is 11.8 Å². The molecule has 3 heteroatoms. The molecule has 1 N–H and O–H groups in total. The number of hydrogen-bond acceptors (Lipinski definition) is 2. The van der Waals surface area contributed by atoms with Gasteiger partial charge in [-0.05, 0) is 51.4 Å². The molecule has 0 aromatic rings. The summed E-state index contributed by atoms with van der Waals surface area (Å²) in [5.41, 5.74) is 0. The minimum Gasteiger partial charge on any atom is -0.393 e. The highest BCUT2D eigenvalue weighted by Gasteiger charge is 2.29. The number of carbonyl (C=O) groups excluding carboxylic acids is 1. The predicted molar refractivity (Wildman–Crippen MR) is 72.2 cm³/mol. The van der Waals surface area contributed by atoms with E-state index in [-0.39, 0.29) is 12.1 Å². The fraction of sp³-hybridized carbons (Fsp3) is 0.933. The average molecular weight is 253 g/mol. The lowest BCUT2D eigenvalue weighted by molar-refractivity contribution is -0.136. The van der Waals surface area contributed by atoms with Crippen molar-refractivity contribution in [2.24, 2.45) is 5.92 Å². The largest absolute Gasteiger partial charge is 0.393 e. The van der Waals surface area contributed by atoms with Gasteiger partial charge in [0.15, 0.2) is 0 Å². The number of nitrogens with zero attached hydrogens (tertiary/aromatic N) is 1. The first-order valence-electron chi connectivity index (χ1n) is 7.64. The third-order valence-electron chi connectivity index (χ3n) is 4.50. The lowest BCUT2D eigenvalue weighted by Gasteiger charge is -2.37. The number of hydrogen-bond donors (Lipinski definition) is 1. The van der Waals surface area contributed by atoms with Crippen molar-refractivity contribution in [3.8, 4) is 0 Å². The van der Waals surface area contributed by atoms with Gasteiger partial charge >= 0.3 is 0 Å². The number of amides is 1. The molecule has 104 valence electrons. The van der Waals surface area contributed by atoms with E-state index in [0.717, 1.165) is 32.2 Å². The van der Waals surface area contributed by atoms with Crippen LogP contribution < -0.4 is 0 Å². The molecule has 1 saturated heterocycles. The minimum atomic E-state index is -0.296. The Morgan fingerprint density at radius 2 is 1.89 bits per heavy atom. The summed E-state index contributed by atoms with van der Waals surface area (Å²) in [5, 5.41) is 9.55. The number of aliphatic hydroxyl groups excluding tert-OH is 1. The van der Waals surface area contributed by atoms with E-state index >= 15 is 0 Å².